The van der Waals surface area contributed by atoms with Crippen molar-refractivity contribution in [1.29, 1.82) is 0 Å². The highest BCUT2D eigenvalue weighted by Crippen LogP contribution is 2.49. The number of carboxylic acid groups (broad SMARTS) is 1. The second-order valence-electron chi connectivity index (χ2n) is 7.92. The summed E-state index contributed by atoms with van der Waals surface area (Å²) in [6.07, 6.45) is 3.81. The molecule has 2 N–H and O–H groups in total. The van der Waals surface area contributed by atoms with E-state index in [0.717, 1.165) is 50.9 Å². The molecule has 1 saturated heterocycles. The first-order chi connectivity index (χ1) is 12.5. The summed E-state index contributed by atoms with van der Waals surface area (Å²) in [5, 5.41) is 12.3. The topological polar surface area (TPSA) is 72.9 Å². The molecule has 2 fully saturated rings. The zero-order chi connectivity index (χ0) is 18.3. The fourth-order valence-electron chi connectivity index (χ4n) is 5.19. The lowest BCUT2D eigenvalue weighted by Crippen LogP contribution is -2.46. The van der Waals surface area contributed by atoms with Gasteiger partial charge < -0.3 is 15.3 Å². The van der Waals surface area contributed by atoms with Gasteiger partial charge in [0.15, 0.2) is 0 Å². The van der Waals surface area contributed by atoms with E-state index in [1.807, 2.05) is 12.1 Å². The lowest BCUT2D eigenvalue weighted by Gasteiger charge is -2.41. The van der Waals surface area contributed by atoms with Gasteiger partial charge in [-0.2, -0.15) is 0 Å². The van der Waals surface area contributed by atoms with E-state index in [9.17, 15) is 14.7 Å². The molecule has 6 nitrogen and oxygen atoms in total. The number of rotatable bonds is 1. The molecule has 4 rings (SSSR count). The summed E-state index contributed by atoms with van der Waals surface area (Å²) in [5.41, 5.74) is 3.03. The molecule has 3 aliphatic rings. The minimum Gasteiger partial charge on any atom is -0.465 e. The monoisotopic (exact) mass is 357 g/mol. The van der Waals surface area contributed by atoms with E-state index in [4.69, 9.17) is 0 Å². The third kappa shape index (κ3) is 2.76. The highest BCUT2D eigenvalue weighted by molar-refractivity contribution is 6.06. The Morgan fingerprint density at radius 3 is 2.69 bits per heavy atom. The van der Waals surface area contributed by atoms with Crippen LogP contribution in [0.5, 0.6) is 0 Å². The molecule has 1 saturated carbocycles. The molecule has 1 aromatic rings. The van der Waals surface area contributed by atoms with Crippen LogP contribution in [0.1, 0.15) is 43.2 Å². The molecule has 0 bridgehead atoms. The Labute approximate surface area is 154 Å². The summed E-state index contributed by atoms with van der Waals surface area (Å²) in [4.78, 5) is 28.0. The van der Waals surface area contributed by atoms with Crippen LogP contribution < -0.4 is 5.32 Å². The molecule has 6 heteroatoms. The van der Waals surface area contributed by atoms with Crippen LogP contribution in [0.15, 0.2) is 18.2 Å². The zero-order valence-corrected chi connectivity index (χ0v) is 15.3. The zero-order valence-electron chi connectivity index (χ0n) is 15.3. The van der Waals surface area contributed by atoms with E-state index in [0.29, 0.717) is 19.1 Å². The Morgan fingerprint density at radius 2 is 1.96 bits per heavy atom. The summed E-state index contributed by atoms with van der Waals surface area (Å²) >= 11 is 0. The highest BCUT2D eigenvalue weighted by atomic mass is 16.4. The van der Waals surface area contributed by atoms with Crippen molar-refractivity contribution in [3.63, 3.8) is 0 Å². The van der Waals surface area contributed by atoms with E-state index in [2.05, 4.69) is 23.2 Å². The summed E-state index contributed by atoms with van der Waals surface area (Å²) in [5.74, 6) is 0.160. The van der Waals surface area contributed by atoms with Crippen molar-refractivity contribution in [3.05, 3.63) is 29.3 Å². The first kappa shape index (κ1) is 17.3. The number of hydrogen-bond acceptors (Lipinski definition) is 3. The normalized spacial score (nSPS) is 29.3. The number of benzene rings is 1. The molecule has 1 spiro atoms. The maximum atomic E-state index is 12.8. The van der Waals surface area contributed by atoms with Gasteiger partial charge in [-0.25, -0.2) is 4.79 Å². The van der Waals surface area contributed by atoms with E-state index in [-0.39, 0.29) is 11.3 Å². The molecular weight excluding hydrogens is 330 g/mol. The van der Waals surface area contributed by atoms with Crippen LogP contribution >= 0.6 is 0 Å². The molecule has 140 valence electrons. The summed E-state index contributed by atoms with van der Waals surface area (Å²) in [6, 6.07) is 6.57. The SMILES string of the molecule is Cc1cccc2c1C1(CCC(N3CCCN(C(=O)O)CC3)CC1)C(=O)N2. The molecule has 26 heavy (non-hydrogen) atoms. The molecule has 0 aromatic heterocycles. The number of carbonyl (C=O) groups excluding carboxylic acids is 1. The fraction of sp³-hybridized carbons (Fsp3) is 0.600. The number of nitrogens with one attached hydrogen (secondary N) is 1. The van der Waals surface area contributed by atoms with Crippen LogP contribution in [0.3, 0.4) is 0 Å². The van der Waals surface area contributed by atoms with E-state index < -0.39 is 6.09 Å². The summed E-state index contributed by atoms with van der Waals surface area (Å²) < 4.78 is 0. The van der Waals surface area contributed by atoms with Crippen molar-refractivity contribution in [3.8, 4) is 0 Å². The van der Waals surface area contributed by atoms with Gasteiger partial charge in [0.2, 0.25) is 5.91 Å². The molecule has 1 aliphatic carbocycles. The van der Waals surface area contributed by atoms with Gasteiger partial charge in [0.1, 0.15) is 0 Å². The van der Waals surface area contributed by atoms with Crippen LogP contribution in [0, 0.1) is 6.92 Å². The molecular formula is C20H27N3O3. The van der Waals surface area contributed by atoms with Crippen molar-refractivity contribution in [2.24, 2.45) is 0 Å². The lowest BCUT2D eigenvalue weighted by molar-refractivity contribution is -0.122. The maximum Gasteiger partial charge on any atom is 0.407 e. The number of hydrogen-bond donors (Lipinski definition) is 2. The molecule has 2 amide bonds. The number of anilines is 1. The van der Waals surface area contributed by atoms with Crippen LogP contribution in [-0.4, -0.2) is 59.1 Å². The van der Waals surface area contributed by atoms with Crippen molar-refractivity contribution in [2.75, 3.05) is 31.5 Å². The number of fused-ring (bicyclic) bond motifs is 2. The maximum absolute atomic E-state index is 12.8. The smallest absolute Gasteiger partial charge is 0.407 e. The average Bonchev–Trinajstić information content (AvgIpc) is 2.79. The number of aryl methyl sites for hydroxylation is 1. The Hall–Kier alpha value is -2.08. The van der Waals surface area contributed by atoms with Gasteiger partial charge >= 0.3 is 6.09 Å². The Bertz CT molecular complexity index is 725. The number of carbonyl (C=O) groups is 2. The Balaban J connectivity index is 1.47. The summed E-state index contributed by atoms with van der Waals surface area (Å²) in [7, 11) is 0. The van der Waals surface area contributed by atoms with Crippen molar-refractivity contribution in [2.45, 2.75) is 50.5 Å². The van der Waals surface area contributed by atoms with Gasteiger partial charge in [-0.05, 0) is 56.2 Å². The quantitative estimate of drug-likeness (QED) is 0.811. The van der Waals surface area contributed by atoms with Crippen molar-refractivity contribution < 1.29 is 14.7 Å². The lowest BCUT2D eigenvalue weighted by atomic mass is 9.67. The Kier molecular flexibility index (Phi) is 4.39. The second-order valence-corrected chi connectivity index (χ2v) is 7.92. The molecule has 2 heterocycles. The third-order valence-electron chi connectivity index (χ3n) is 6.56. The van der Waals surface area contributed by atoms with Crippen LogP contribution in [0.4, 0.5) is 10.5 Å². The minimum atomic E-state index is -0.816. The van der Waals surface area contributed by atoms with Gasteiger partial charge in [0.25, 0.3) is 0 Å². The van der Waals surface area contributed by atoms with E-state index in [1.54, 1.807) is 0 Å². The van der Waals surface area contributed by atoms with Crippen molar-refractivity contribution in [1.82, 2.24) is 9.80 Å². The van der Waals surface area contributed by atoms with Gasteiger partial charge in [-0.1, -0.05) is 12.1 Å². The minimum absolute atomic E-state index is 0.160. The molecule has 1 aromatic carbocycles. The largest absolute Gasteiger partial charge is 0.465 e. The highest BCUT2D eigenvalue weighted by Gasteiger charge is 2.49. The molecule has 2 aliphatic heterocycles. The van der Waals surface area contributed by atoms with Crippen LogP contribution in [0.25, 0.3) is 0 Å². The average molecular weight is 357 g/mol. The Morgan fingerprint density at radius 1 is 1.19 bits per heavy atom. The predicted molar refractivity (Wildman–Crippen MR) is 99.5 cm³/mol. The fourth-order valence-corrected chi connectivity index (χ4v) is 5.19. The van der Waals surface area contributed by atoms with Crippen LogP contribution in [0.2, 0.25) is 0 Å². The van der Waals surface area contributed by atoms with E-state index in [1.165, 1.54) is 16.0 Å². The first-order valence-electron chi connectivity index (χ1n) is 9.65. The standard InChI is InChI=1S/C20H27N3O3/c1-14-4-2-5-16-17(14)20(18(24)21-16)8-6-15(7-9-20)22-10-3-11-23(13-12-22)19(25)26/h2,4-5,15H,3,6-13H2,1H3,(H,21,24)(H,25,26). The predicted octanol–water partition coefficient (Wildman–Crippen LogP) is 2.81. The molecule has 0 unspecified atom stereocenters. The van der Waals surface area contributed by atoms with Gasteiger partial charge in [0.05, 0.1) is 5.41 Å². The number of nitrogens with zero attached hydrogens (tertiary/aromatic N) is 2. The molecule has 0 radical (unpaired) electrons. The van der Waals surface area contributed by atoms with Gasteiger partial charge in [0, 0.05) is 37.9 Å². The molecule has 0 atom stereocenters. The van der Waals surface area contributed by atoms with Gasteiger partial charge in [-0.3, -0.25) is 9.69 Å². The summed E-state index contributed by atoms with van der Waals surface area (Å²) in [6.45, 7) is 5.05. The number of amides is 2. The van der Waals surface area contributed by atoms with Crippen molar-refractivity contribution >= 4 is 17.7 Å². The van der Waals surface area contributed by atoms with E-state index >= 15 is 0 Å². The van der Waals surface area contributed by atoms with Gasteiger partial charge in [-0.15, -0.1) is 0 Å². The third-order valence-corrected chi connectivity index (χ3v) is 6.56. The first-order valence-corrected chi connectivity index (χ1v) is 9.65. The van der Waals surface area contributed by atoms with Crippen LogP contribution in [-0.2, 0) is 10.2 Å². The second kappa shape index (κ2) is 6.58.